The van der Waals surface area contributed by atoms with Crippen molar-refractivity contribution in [2.24, 2.45) is 5.92 Å². The fourth-order valence-electron chi connectivity index (χ4n) is 2.96. The summed E-state index contributed by atoms with van der Waals surface area (Å²) in [6.07, 6.45) is 5.37. The van der Waals surface area contributed by atoms with Crippen molar-refractivity contribution in [1.82, 2.24) is 5.32 Å². The molecular weight excluding hydrogens is 206 g/mol. The lowest BCUT2D eigenvalue weighted by Crippen LogP contribution is -2.39. The Bertz CT molecular complexity index is 312. The second kappa shape index (κ2) is 6.20. The molecule has 1 heterocycles. The maximum Gasteiger partial charge on any atom is 0.0136 e. The monoisotopic (exact) mass is 231 g/mol. The highest BCUT2D eigenvalue weighted by atomic mass is 14.9. The van der Waals surface area contributed by atoms with Crippen molar-refractivity contribution in [3.05, 3.63) is 35.9 Å². The number of benzene rings is 1. The molecule has 1 saturated heterocycles. The smallest absolute Gasteiger partial charge is 0.0136 e. The molecule has 2 rings (SSSR count). The van der Waals surface area contributed by atoms with E-state index in [-0.39, 0.29) is 0 Å². The number of piperidine rings is 1. The van der Waals surface area contributed by atoms with Crippen LogP contribution in [0.25, 0.3) is 0 Å². The Labute approximate surface area is 106 Å². The van der Waals surface area contributed by atoms with Gasteiger partial charge < -0.3 is 5.32 Å². The Morgan fingerprint density at radius 2 is 1.94 bits per heavy atom. The number of nitrogens with one attached hydrogen (secondary N) is 1. The molecule has 0 amide bonds. The summed E-state index contributed by atoms with van der Waals surface area (Å²) in [5, 5.41) is 3.72. The molecule has 1 N–H and O–H groups in total. The Hall–Kier alpha value is -0.820. The zero-order valence-electron chi connectivity index (χ0n) is 11.2. The zero-order chi connectivity index (χ0) is 12.1. The van der Waals surface area contributed by atoms with E-state index in [4.69, 9.17) is 0 Å². The molecule has 0 aliphatic carbocycles. The number of hydrogen-bond acceptors (Lipinski definition) is 1. The maximum atomic E-state index is 3.72. The van der Waals surface area contributed by atoms with Crippen LogP contribution in [0.5, 0.6) is 0 Å². The molecule has 2 unspecified atom stereocenters. The molecule has 1 aromatic carbocycles. The van der Waals surface area contributed by atoms with Gasteiger partial charge in [-0.1, -0.05) is 50.6 Å². The Morgan fingerprint density at radius 1 is 1.18 bits per heavy atom. The molecule has 0 saturated carbocycles. The normalized spacial score (nSPS) is 22.6. The Kier molecular flexibility index (Phi) is 4.61. The Morgan fingerprint density at radius 3 is 2.53 bits per heavy atom. The molecule has 1 aliphatic rings. The van der Waals surface area contributed by atoms with Crippen LogP contribution in [0.15, 0.2) is 30.3 Å². The van der Waals surface area contributed by atoms with Crippen LogP contribution in [0.2, 0.25) is 0 Å². The first-order chi connectivity index (χ1) is 8.27. The van der Waals surface area contributed by atoms with Gasteiger partial charge in [-0.3, -0.25) is 0 Å². The first kappa shape index (κ1) is 12.6. The lowest BCUT2D eigenvalue weighted by Gasteiger charge is -2.33. The van der Waals surface area contributed by atoms with Crippen molar-refractivity contribution in [3.8, 4) is 0 Å². The van der Waals surface area contributed by atoms with Gasteiger partial charge in [-0.15, -0.1) is 0 Å². The lowest BCUT2D eigenvalue weighted by molar-refractivity contribution is 0.318. The zero-order valence-corrected chi connectivity index (χ0v) is 11.2. The van der Waals surface area contributed by atoms with Crippen molar-refractivity contribution in [2.45, 2.75) is 51.5 Å². The molecule has 1 aromatic rings. The summed E-state index contributed by atoms with van der Waals surface area (Å²) >= 11 is 0. The van der Waals surface area contributed by atoms with E-state index in [1.807, 2.05) is 0 Å². The maximum absolute atomic E-state index is 3.72. The van der Waals surface area contributed by atoms with E-state index in [1.54, 1.807) is 0 Å². The predicted octanol–water partition coefficient (Wildman–Crippen LogP) is 3.96. The van der Waals surface area contributed by atoms with E-state index < -0.39 is 0 Å². The van der Waals surface area contributed by atoms with Crippen molar-refractivity contribution in [2.75, 3.05) is 6.54 Å². The van der Waals surface area contributed by atoms with Crippen LogP contribution >= 0.6 is 0 Å². The topological polar surface area (TPSA) is 12.0 Å². The summed E-state index contributed by atoms with van der Waals surface area (Å²) in [7, 11) is 0. The van der Waals surface area contributed by atoms with Gasteiger partial charge in [0.2, 0.25) is 0 Å². The third-order valence-electron chi connectivity index (χ3n) is 3.79. The standard InChI is InChI=1S/C16H25N/c1-13(2)12-15(14-8-4-3-5-9-14)16-10-6-7-11-17-16/h3-5,8-9,13,15-17H,6-7,10-12H2,1-2H3. The quantitative estimate of drug-likeness (QED) is 0.827. The third kappa shape index (κ3) is 3.57. The SMILES string of the molecule is CC(C)CC(c1ccccc1)C1CCCCN1. The van der Waals surface area contributed by atoms with Crippen LogP contribution in [0.3, 0.4) is 0 Å². The van der Waals surface area contributed by atoms with Crippen LogP contribution in [0.1, 0.15) is 51.0 Å². The van der Waals surface area contributed by atoms with Crippen LogP contribution in [0.4, 0.5) is 0 Å². The van der Waals surface area contributed by atoms with Crippen molar-refractivity contribution in [1.29, 1.82) is 0 Å². The van der Waals surface area contributed by atoms with Crippen LogP contribution in [-0.2, 0) is 0 Å². The molecule has 0 aromatic heterocycles. The summed E-state index contributed by atoms with van der Waals surface area (Å²) < 4.78 is 0. The molecular formula is C16H25N. The molecule has 1 fully saturated rings. The van der Waals surface area contributed by atoms with Crippen molar-refractivity contribution >= 4 is 0 Å². The minimum Gasteiger partial charge on any atom is -0.313 e. The lowest BCUT2D eigenvalue weighted by atomic mass is 9.81. The van der Waals surface area contributed by atoms with Crippen molar-refractivity contribution in [3.63, 3.8) is 0 Å². The highest BCUT2D eigenvalue weighted by molar-refractivity contribution is 5.21. The second-order valence-electron chi connectivity index (χ2n) is 5.70. The van der Waals surface area contributed by atoms with E-state index in [2.05, 4.69) is 49.5 Å². The van der Waals surface area contributed by atoms with Crippen molar-refractivity contribution < 1.29 is 0 Å². The first-order valence-corrected chi connectivity index (χ1v) is 7.05. The average molecular weight is 231 g/mol. The summed E-state index contributed by atoms with van der Waals surface area (Å²) in [5.74, 6) is 1.46. The fraction of sp³-hybridized carbons (Fsp3) is 0.625. The van der Waals surface area contributed by atoms with Crippen LogP contribution in [0, 0.1) is 5.92 Å². The third-order valence-corrected chi connectivity index (χ3v) is 3.79. The minimum atomic E-state index is 0.688. The molecule has 1 nitrogen and oxygen atoms in total. The summed E-state index contributed by atoms with van der Waals surface area (Å²) in [4.78, 5) is 0. The Balaban J connectivity index is 2.12. The van der Waals surface area contributed by atoms with E-state index in [0.29, 0.717) is 12.0 Å². The highest BCUT2D eigenvalue weighted by Crippen LogP contribution is 2.30. The molecule has 1 heteroatoms. The largest absolute Gasteiger partial charge is 0.313 e. The van der Waals surface area contributed by atoms with Gasteiger partial charge in [-0.25, -0.2) is 0 Å². The van der Waals surface area contributed by atoms with Crippen LogP contribution in [-0.4, -0.2) is 12.6 Å². The van der Waals surface area contributed by atoms with E-state index in [0.717, 1.165) is 5.92 Å². The summed E-state index contributed by atoms with van der Waals surface area (Å²) in [6, 6.07) is 11.7. The minimum absolute atomic E-state index is 0.688. The molecule has 1 aliphatic heterocycles. The molecule has 0 spiro atoms. The van der Waals surface area contributed by atoms with Gasteiger partial charge in [0.15, 0.2) is 0 Å². The van der Waals surface area contributed by atoms with Gasteiger partial charge in [0.1, 0.15) is 0 Å². The summed E-state index contributed by atoms with van der Waals surface area (Å²) in [5.41, 5.74) is 1.51. The molecule has 0 radical (unpaired) electrons. The van der Waals surface area contributed by atoms with Gasteiger partial charge in [0, 0.05) is 6.04 Å². The van der Waals surface area contributed by atoms with E-state index in [1.165, 1.54) is 37.8 Å². The second-order valence-corrected chi connectivity index (χ2v) is 5.70. The van der Waals surface area contributed by atoms with Crippen LogP contribution < -0.4 is 5.32 Å². The van der Waals surface area contributed by atoms with Gasteiger partial charge >= 0.3 is 0 Å². The molecule has 94 valence electrons. The van der Waals surface area contributed by atoms with E-state index in [9.17, 15) is 0 Å². The average Bonchev–Trinajstić information content (AvgIpc) is 2.38. The molecule has 2 atom stereocenters. The highest BCUT2D eigenvalue weighted by Gasteiger charge is 2.25. The number of rotatable bonds is 4. The summed E-state index contributed by atoms with van der Waals surface area (Å²) in [6.45, 7) is 5.86. The van der Waals surface area contributed by atoms with Gasteiger partial charge in [-0.05, 0) is 43.2 Å². The molecule has 17 heavy (non-hydrogen) atoms. The van der Waals surface area contributed by atoms with E-state index >= 15 is 0 Å². The van der Waals surface area contributed by atoms with Gasteiger partial charge in [0.25, 0.3) is 0 Å². The molecule has 0 bridgehead atoms. The first-order valence-electron chi connectivity index (χ1n) is 7.05. The predicted molar refractivity (Wildman–Crippen MR) is 74.3 cm³/mol. The van der Waals surface area contributed by atoms with Gasteiger partial charge in [0.05, 0.1) is 0 Å². The number of hydrogen-bond donors (Lipinski definition) is 1. The fourth-order valence-corrected chi connectivity index (χ4v) is 2.96. The van der Waals surface area contributed by atoms with Gasteiger partial charge in [-0.2, -0.15) is 0 Å².